The fourth-order valence-electron chi connectivity index (χ4n) is 4.80. The van der Waals surface area contributed by atoms with Gasteiger partial charge >= 0.3 is 11.9 Å². The van der Waals surface area contributed by atoms with Crippen LogP contribution >= 0.6 is 11.3 Å². The van der Waals surface area contributed by atoms with E-state index in [4.69, 9.17) is 9.47 Å². The minimum atomic E-state index is -1.18. The number of allylic oxidation sites excluding steroid dienone is 1. The van der Waals surface area contributed by atoms with Gasteiger partial charge in [0.25, 0.3) is 11.5 Å². The molecular weight excluding hydrogens is 522 g/mol. The number of aliphatic carboxylic acids is 1. The molecule has 3 aromatic rings. The lowest BCUT2D eigenvalue weighted by molar-refractivity contribution is -0.143. The minimum Gasteiger partial charge on any atom is -0.497 e. The Morgan fingerprint density at radius 2 is 1.79 bits per heavy atom. The normalized spacial score (nSPS) is 17.6. The molecule has 0 unspecified atom stereocenters. The van der Waals surface area contributed by atoms with Gasteiger partial charge in [-0.1, -0.05) is 41.7 Å². The summed E-state index contributed by atoms with van der Waals surface area (Å²) in [5, 5.41) is 9.39. The number of para-hydroxylation sites is 1. The molecule has 11 heteroatoms. The van der Waals surface area contributed by atoms with Crippen molar-refractivity contribution in [1.82, 2.24) is 4.57 Å². The first-order chi connectivity index (χ1) is 18.6. The van der Waals surface area contributed by atoms with Crippen LogP contribution in [0.4, 0.5) is 5.69 Å². The lowest BCUT2D eigenvalue weighted by Gasteiger charge is -2.25. The van der Waals surface area contributed by atoms with Crippen LogP contribution in [0.3, 0.4) is 0 Å². The van der Waals surface area contributed by atoms with Gasteiger partial charge < -0.3 is 14.6 Å². The number of benzene rings is 2. The summed E-state index contributed by atoms with van der Waals surface area (Å²) in [5.41, 5.74) is 1.70. The molecule has 1 amide bonds. The Labute approximate surface area is 226 Å². The van der Waals surface area contributed by atoms with E-state index in [1.165, 1.54) is 4.57 Å². The summed E-state index contributed by atoms with van der Waals surface area (Å²) < 4.78 is 12.3. The highest BCUT2D eigenvalue weighted by Crippen LogP contribution is 2.35. The zero-order chi connectivity index (χ0) is 28.0. The van der Waals surface area contributed by atoms with Crippen molar-refractivity contribution >= 4 is 40.4 Å². The van der Waals surface area contributed by atoms with E-state index in [1.54, 1.807) is 76.4 Å². The molecule has 0 saturated carbocycles. The second-order valence-corrected chi connectivity index (χ2v) is 10.3. The smallest absolute Gasteiger partial charge is 0.338 e. The zero-order valence-corrected chi connectivity index (χ0v) is 22.4. The second-order valence-electron chi connectivity index (χ2n) is 9.31. The van der Waals surface area contributed by atoms with E-state index in [0.717, 1.165) is 16.2 Å². The summed E-state index contributed by atoms with van der Waals surface area (Å²) in [6.07, 6.45) is -0.395. The number of esters is 1. The third-order valence-corrected chi connectivity index (χ3v) is 7.49. The standard InChI is InChI=1S/C28H25N3O7S/c1-14(2)38-27(36)21-15(3)29-28-31(23(21)16-9-11-17(37-4)12-10-16)26(35)24(39-28)22-18-7-5-6-8-19(18)30(25(22)34)13-20(32)33/h5-12,14,23H,13H2,1-4H3,(H,32,33)/b24-22-/t23-/m0/s1. The number of carbonyl (C=O) groups excluding carboxylic acids is 2. The topological polar surface area (TPSA) is 128 Å². The van der Waals surface area contributed by atoms with Gasteiger partial charge in [-0.05, 0) is 44.5 Å². The van der Waals surface area contributed by atoms with Gasteiger partial charge in [0, 0.05) is 5.56 Å². The number of carboxylic acid groups (broad SMARTS) is 1. The summed E-state index contributed by atoms with van der Waals surface area (Å²) in [4.78, 5) is 58.4. The number of fused-ring (bicyclic) bond motifs is 2. The lowest BCUT2D eigenvalue weighted by atomic mass is 9.95. The Morgan fingerprint density at radius 1 is 1.10 bits per heavy atom. The third-order valence-electron chi connectivity index (χ3n) is 6.44. The maximum atomic E-state index is 14.1. The number of hydrogen-bond acceptors (Lipinski definition) is 8. The van der Waals surface area contributed by atoms with Crippen LogP contribution < -0.4 is 24.5 Å². The third kappa shape index (κ3) is 4.44. The van der Waals surface area contributed by atoms with Crippen LogP contribution in [0.5, 0.6) is 5.75 Å². The van der Waals surface area contributed by atoms with Crippen LogP contribution in [0.15, 0.2) is 69.6 Å². The molecule has 200 valence electrons. The van der Waals surface area contributed by atoms with Crippen LogP contribution in [0.25, 0.3) is 5.57 Å². The van der Waals surface area contributed by atoms with Crippen LogP contribution in [-0.4, -0.2) is 47.3 Å². The van der Waals surface area contributed by atoms with Gasteiger partial charge in [-0.25, -0.2) is 9.79 Å². The van der Waals surface area contributed by atoms with E-state index < -0.39 is 42.1 Å². The SMILES string of the molecule is COc1ccc([C@H]2C(C(=O)OC(C)C)=C(C)N=c3s/c(=C4\C(=O)N(CC(=O)O)c5ccccc54)c(=O)n32)cc1. The highest BCUT2D eigenvalue weighted by molar-refractivity contribution is 7.07. The van der Waals surface area contributed by atoms with Gasteiger partial charge in [0.15, 0.2) is 4.80 Å². The molecule has 0 radical (unpaired) electrons. The van der Waals surface area contributed by atoms with E-state index in [9.17, 15) is 24.3 Å². The number of ether oxygens (including phenoxy) is 2. The van der Waals surface area contributed by atoms with Crippen molar-refractivity contribution in [1.29, 1.82) is 0 Å². The average Bonchev–Trinajstić information content (AvgIpc) is 3.35. The van der Waals surface area contributed by atoms with E-state index in [0.29, 0.717) is 33.1 Å². The van der Waals surface area contributed by atoms with Gasteiger partial charge in [-0.3, -0.25) is 23.9 Å². The number of thiazole rings is 1. The quantitative estimate of drug-likeness (QED) is 0.468. The average molecular weight is 548 g/mol. The molecule has 10 nitrogen and oxygen atoms in total. The van der Waals surface area contributed by atoms with Gasteiger partial charge in [0.05, 0.1) is 41.8 Å². The number of methoxy groups -OCH3 is 1. The number of carboxylic acids is 1. The molecule has 0 spiro atoms. The Hall–Kier alpha value is -4.51. The summed E-state index contributed by atoms with van der Waals surface area (Å²) in [6, 6.07) is 12.9. The highest BCUT2D eigenvalue weighted by atomic mass is 32.1. The van der Waals surface area contributed by atoms with Crippen LogP contribution in [-0.2, 0) is 19.1 Å². The largest absolute Gasteiger partial charge is 0.497 e. The number of nitrogens with zero attached hydrogens (tertiary/aromatic N) is 3. The van der Waals surface area contributed by atoms with Crippen LogP contribution in [0.1, 0.15) is 37.9 Å². The van der Waals surface area contributed by atoms with Crippen LogP contribution in [0.2, 0.25) is 0 Å². The molecule has 0 saturated heterocycles. The fraction of sp³-hybridized carbons (Fsp3) is 0.250. The maximum absolute atomic E-state index is 14.1. The number of rotatable bonds is 6. The first-order valence-electron chi connectivity index (χ1n) is 12.2. The molecule has 39 heavy (non-hydrogen) atoms. The molecule has 0 aliphatic carbocycles. The number of amides is 1. The van der Waals surface area contributed by atoms with Crippen molar-refractivity contribution in [2.45, 2.75) is 32.9 Å². The molecule has 2 aliphatic heterocycles. The van der Waals surface area contributed by atoms with Crippen molar-refractivity contribution < 1.29 is 29.0 Å². The first-order valence-corrected chi connectivity index (χ1v) is 13.0. The predicted molar refractivity (Wildman–Crippen MR) is 143 cm³/mol. The molecule has 2 aliphatic rings. The van der Waals surface area contributed by atoms with Crippen molar-refractivity contribution in [3.05, 3.63) is 90.6 Å². The van der Waals surface area contributed by atoms with E-state index in [1.807, 2.05) is 0 Å². The van der Waals surface area contributed by atoms with Crippen molar-refractivity contribution in [2.75, 3.05) is 18.6 Å². The Balaban J connectivity index is 1.78. The fourth-order valence-corrected chi connectivity index (χ4v) is 5.94. The van der Waals surface area contributed by atoms with Gasteiger partial charge in [0.2, 0.25) is 0 Å². The number of carbonyl (C=O) groups is 3. The maximum Gasteiger partial charge on any atom is 0.338 e. The Kier molecular flexibility index (Phi) is 6.69. The Morgan fingerprint density at radius 3 is 2.44 bits per heavy atom. The molecule has 1 N–H and O–H groups in total. The van der Waals surface area contributed by atoms with Crippen molar-refractivity contribution in [3.8, 4) is 5.75 Å². The number of anilines is 1. The molecule has 5 rings (SSSR count). The van der Waals surface area contributed by atoms with Gasteiger partial charge in [0.1, 0.15) is 16.8 Å². The monoisotopic (exact) mass is 547 g/mol. The number of aromatic nitrogens is 1. The zero-order valence-electron chi connectivity index (χ0n) is 21.6. The Bertz CT molecular complexity index is 1730. The van der Waals surface area contributed by atoms with E-state index in [-0.39, 0.29) is 15.7 Å². The minimum absolute atomic E-state index is 0.108. The summed E-state index contributed by atoms with van der Waals surface area (Å²) >= 11 is 1.03. The van der Waals surface area contributed by atoms with Gasteiger partial charge in [-0.15, -0.1) is 0 Å². The predicted octanol–water partition coefficient (Wildman–Crippen LogP) is 2.00. The van der Waals surface area contributed by atoms with Gasteiger partial charge in [-0.2, -0.15) is 0 Å². The van der Waals surface area contributed by atoms with E-state index in [2.05, 4.69) is 4.99 Å². The van der Waals surface area contributed by atoms with E-state index >= 15 is 0 Å². The number of hydrogen-bond donors (Lipinski definition) is 1. The molecule has 3 heterocycles. The molecule has 0 bridgehead atoms. The first kappa shape index (κ1) is 26.1. The second kappa shape index (κ2) is 9.99. The summed E-state index contributed by atoms with van der Waals surface area (Å²) in [6.45, 7) is 4.60. The molecule has 1 aromatic heterocycles. The molecule has 0 fully saturated rings. The van der Waals surface area contributed by atoms with Crippen LogP contribution in [0, 0.1) is 0 Å². The molecular formula is C28H25N3O7S. The molecule has 2 aromatic carbocycles. The van der Waals surface area contributed by atoms with Crippen molar-refractivity contribution in [3.63, 3.8) is 0 Å². The summed E-state index contributed by atoms with van der Waals surface area (Å²) in [7, 11) is 1.54. The summed E-state index contributed by atoms with van der Waals surface area (Å²) in [5.74, 6) is -1.75. The highest BCUT2D eigenvalue weighted by Gasteiger charge is 2.38. The molecule has 1 atom stereocenters. The van der Waals surface area contributed by atoms with Crippen molar-refractivity contribution in [2.24, 2.45) is 4.99 Å². The lowest BCUT2D eigenvalue weighted by Crippen LogP contribution is -2.41.